The maximum atomic E-state index is 13.6. The van der Waals surface area contributed by atoms with Crippen molar-refractivity contribution in [2.24, 2.45) is 35.5 Å². The van der Waals surface area contributed by atoms with Crippen LogP contribution in [0, 0.1) is 35.5 Å². The fourth-order valence-electron chi connectivity index (χ4n) is 8.10. The van der Waals surface area contributed by atoms with E-state index in [0.717, 1.165) is 37.5 Å². The van der Waals surface area contributed by atoms with Gasteiger partial charge in [-0.05, 0) is 62.7 Å². The molecular formula is C26H32F2O13S. The van der Waals surface area contributed by atoms with Gasteiger partial charge in [-0.25, -0.2) is 0 Å². The third-order valence-corrected chi connectivity index (χ3v) is 10.7. The minimum absolute atomic E-state index is 0.0327. The lowest BCUT2D eigenvalue weighted by Crippen LogP contribution is -2.50. The fraction of sp³-hybridized carbons (Fsp3) is 0.846. The van der Waals surface area contributed by atoms with Crippen LogP contribution in [0.4, 0.5) is 8.78 Å². The van der Waals surface area contributed by atoms with Crippen LogP contribution in [-0.2, 0) is 57.7 Å². The van der Waals surface area contributed by atoms with Crippen LogP contribution in [0.3, 0.4) is 0 Å². The molecule has 6 bridgehead atoms. The summed E-state index contributed by atoms with van der Waals surface area (Å²) in [7, 11) is -5.84. The summed E-state index contributed by atoms with van der Waals surface area (Å²) in [5.41, 5.74) is 0. The summed E-state index contributed by atoms with van der Waals surface area (Å²) >= 11 is 0. The van der Waals surface area contributed by atoms with Crippen LogP contribution in [-0.4, -0.2) is 85.5 Å². The van der Waals surface area contributed by atoms with Gasteiger partial charge in [-0.15, -0.1) is 0 Å². The van der Waals surface area contributed by atoms with Crippen molar-refractivity contribution in [2.45, 2.75) is 93.7 Å². The number of halogens is 2. The van der Waals surface area contributed by atoms with E-state index in [-0.39, 0.29) is 12.9 Å². The molecule has 3 heterocycles. The van der Waals surface area contributed by atoms with Gasteiger partial charge in [0, 0.05) is 0 Å². The maximum absolute atomic E-state index is 13.6. The predicted octanol–water partition coefficient (Wildman–Crippen LogP) is 1.37. The lowest BCUT2D eigenvalue weighted by atomic mass is 9.55. The van der Waals surface area contributed by atoms with Gasteiger partial charge < -0.3 is 28.4 Å². The van der Waals surface area contributed by atoms with Crippen molar-refractivity contribution in [1.29, 1.82) is 0 Å². The molecule has 3 aliphatic heterocycles. The van der Waals surface area contributed by atoms with Gasteiger partial charge in [-0.2, -0.15) is 17.2 Å². The van der Waals surface area contributed by atoms with Crippen molar-refractivity contribution in [1.82, 2.24) is 0 Å². The quantitative estimate of drug-likeness (QED) is 0.151. The van der Waals surface area contributed by atoms with Crippen LogP contribution >= 0.6 is 0 Å². The molecule has 0 aromatic rings. The molecule has 234 valence electrons. The van der Waals surface area contributed by atoms with Gasteiger partial charge in [0.15, 0.2) is 25.1 Å². The molecule has 1 N–H and O–H groups in total. The molecule has 4 aliphatic carbocycles. The minimum Gasteiger partial charge on any atom is -0.455 e. The molecule has 7 fully saturated rings. The Hall–Kier alpha value is -2.43. The molecule has 13 nitrogen and oxygen atoms in total. The molecular weight excluding hydrogens is 590 g/mol. The Morgan fingerprint density at radius 1 is 0.976 bits per heavy atom. The van der Waals surface area contributed by atoms with E-state index < -0.39 is 94.4 Å². The van der Waals surface area contributed by atoms with E-state index in [4.69, 9.17) is 28.2 Å². The zero-order valence-electron chi connectivity index (χ0n) is 22.6. The molecule has 0 spiro atoms. The van der Waals surface area contributed by atoms with Gasteiger partial charge in [-0.1, -0.05) is 0 Å². The minimum atomic E-state index is -5.84. The first-order valence-electron chi connectivity index (χ1n) is 14.1. The molecule has 0 aromatic carbocycles. The average Bonchev–Trinajstić information content (AvgIpc) is 3.52. The lowest BCUT2D eigenvalue weighted by Gasteiger charge is -2.53. The topological polar surface area (TPSA) is 178 Å². The number of hydrogen-bond acceptors (Lipinski definition) is 12. The Bertz CT molecular complexity index is 1230. The second-order valence-corrected chi connectivity index (χ2v) is 13.8. The van der Waals surface area contributed by atoms with Gasteiger partial charge in [-0.3, -0.25) is 23.7 Å². The second kappa shape index (κ2) is 10.6. The van der Waals surface area contributed by atoms with E-state index in [0.29, 0.717) is 18.8 Å². The lowest BCUT2D eigenvalue weighted by molar-refractivity contribution is -0.193. The molecule has 16 heteroatoms. The molecule has 0 amide bonds. The van der Waals surface area contributed by atoms with E-state index >= 15 is 0 Å². The molecule has 4 saturated carbocycles. The summed E-state index contributed by atoms with van der Waals surface area (Å²) in [6.45, 7) is 0.293. The van der Waals surface area contributed by atoms with E-state index in [9.17, 15) is 36.4 Å². The average molecular weight is 623 g/mol. The van der Waals surface area contributed by atoms with Crippen LogP contribution in [0.1, 0.15) is 51.9 Å². The van der Waals surface area contributed by atoms with Crippen molar-refractivity contribution >= 4 is 34.0 Å². The largest absolute Gasteiger partial charge is 0.455 e. The smallest absolute Gasteiger partial charge is 0.405 e. The highest BCUT2D eigenvalue weighted by Gasteiger charge is 2.72. The molecule has 0 aromatic heterocycles. The Morgan fingerprint density at radius 3 is 2.21 bits per heavy atom. The van der Waals surface area contributed by atoms with Crippen LogP contribution < -0.4 is 0 Å². The van der Waals surface area contributed by atoms with Crippen LogP contribution in [0.15, 0.2) is 0 Å². The van der Waals surface area contributed by atoms with Crippen molar-refractivity contribution in [3.8, 4) is 0 Å². The molecule has 3 saturated heterocycles. The number of hydrogen-bond donors (Lipinski definition) is 1. The van der Waals surface area contributed by atoms with Crippen LogP contribution in [0.2, 0.25) is 0 Å². The first-order chi connectivity index (χ1) is 19.7. The van der Waals surface area contributed by atoms with E-state index in [1.54, 1.807) is 0 Å². The fourth-order valence-corrected chi connectivity index (χ4v) is 8.57. The SMILES string of the molecule is CC(OC(=O)CCC(=O)OC1C2OC(=O)C3C2OC1C3C(=O)OCOC1C2CC3CC(C2)CC1C3)C(F)(F)S(=O)(=O)O. The molecule has 0 radical (unpaired) electrons. The first-order valence-corrected chi connectivity index (χ1v) is 15.6. The Morgan fingerprint density at radius 2 is 1.60 bits per heavy atom. The van der Waals surface area contributed by atoms with Gasteiger partial charge in [0.25, 0.3) is 0 Å². The molecule has 42 heavy (non-hydrogen) atoms. The summed E-state index contributed by atoms with van der Waals surface area (Å²) in [5.74, 6) is -3.38. The molecule has 7 rings (SSSR count). The maximum Gasteiger partial charge on any atom is 0.405 e. The highest BCUT2D eigenvalue weighted by Crippen LogP contribution is 2.55. The number of fused-ring (bicyclic) bond motifs is 1. The van der Waals surface area contributed by atoms with Crippen molar-refractivity contribution in [2.75, 3.05) is 6.79 Å². The predicted molar refractivity (Wildman–Crippen MR) is 130 cm³/mol. The third-order valence-electron chi connectivity index (χ3n) is 9.71. The third kappa shape index (κ3) is 5.07. The summed E-state index contributed by atoms with van der Waals surface area (Å²) in [4.78, 5) is 50.0. The Kier molecular flexibility index (Phi) is 7.50. The van der Waals surface area contributed by atoms with Crippen molar-refractivity contribution in [3.05, 3.63) is 0 Å². The zero-order valence-corrected chi connectivity index (χ0v) is 23.4. The molecule has 7 atom stereocenters. The number of carbonyl (C=O) groups excluding carboxylic acids is 4. The van der Waals surface area contributed by atoms with Gasteiger partial charge in [0.05, 0.1) is 18.9 Å². The van der Waals surface area contributed by atoms with Gasteiger partial charge >= 0.3 is 39.2 Å². The van der Waals surface area contributed by atoms with E-state index in [2.05, 4.69) is 4.74 Å². The molecule has 7 unspecified atom stereocenters. The second-order valence-electron chi connectivity index (χ2n) is 12.3. The van der Waals surface area contributed by atoms with E-state index in [1.807, 2.05) is 0 Å². The number of rotatable bonds is 11. The number of ether oxygens (including phenoxy) is 6. The number of alkyl halides is 2. The van der Waals surface area contributed by atoms with Gasteiger partial charge in [0.2, 0.25) is 0 Å². The normalized spacial score (nSPS) is 40.1. The summed E-state index contributed by atoms with van der Waals surface area (Å²) in [5, 5.41) is -4.75. The zero-order chi connectivity index (χ0) is 30.1. The van der Waals surface area contributed by atoms with Crippen molar-refractivity contribution < 1.29 is 69.4 Å². The summed E-state index contributed by atoms with van der Waals surface area (Å²) < 4.78 is 89.6. The first kappa shape index (κ1) is 29.6. The van der Waals surface area contributed by atoms with E-state index in [1.165, 1.54) is 6.42 Å². The molecule has 7 aliphatic rings. The highest BCUT2D eigenvalue weighted by atomic mass is 32.2. The van der Waals surface area contributed by atoms with Gasteiger partial charge in [0.1, 0.15) is 24.0 Å². The summed E-state index contributed by atoms with van der Waals surface area (Å²) in [6, 6.07) is 0. The number of carbonyl (C=O) groups is 4. The highest BCUT2D eigenvalue weighted by molar-refractivity contribution is 7.86. The van der Waals surface area contributed by atoms with Crippen LogP contribution in [0.25, 0.3) is 0 Å². The standard InChI is InChI=1S/C26H32F2O13S/c1-10(26(27,28)42(33,34)35)38-15(29)2-3-16(30)39-22-20-17(18-21(40-20)23(22)41-25(18)32)24(31)37-9-36-19-13-5-11-4-12(7-13)8-14(19)6-11/h10-14,17-23H,2-9H2,1H3,(H,33,34,35). The summed E-state index contributed by atoms with van der Waals surface area (Å²) in [6.07, 6.45) is -2.13. The monoisotopic (exact) mass is 622 g/mol. The number of esters is 4. The van der Waals surface area contributed by atoms with Crippen LogP contribution in [0.5, 0.6) is 0 Å². The Labute approximate surface area is 239 Å². The Balaban J connectivity index is 1.00. The van der Waals surface area contributed by atoms with Crippen molar-refractivity contribution in [3.63, 3.8) is 0 Å².